The van der Waals surface area contributed by atoms with E-state index in [0.29, 0.717) is 25.0 Å². The van der Waals surface area contributed by atoms with E-state index in [1.807, 2.05) is 13.8 Å². The summed E-state index contributed by atoms with van der Waals surface area (Å²) in [6, 6.07) is 0. The van der Waals surface area contributed by atoms with Crippen LogP contribution in [0.1, 0.15) is 61.8 Å². The standard InChI is InChI=1S/C23H30N6O2S.C19H21ClN4O2S/c1-2-31-21-19-18(25-23(27-21)29-9-7-24-8-10-29)17-15-5-3-4-6-16(15)20(26-22(17)32-19)28-11-13-30-14-12-28;1-2-26-17-15-14(21-19(20)23-17)13-11-5-3-4-6-12(11)16(22-18(13)27-15)24-7-9-25-10-8-24/h24H,2-14H2,1H3;2-10H2,1H3. The summed E-state index contributed by atoms with van der Waals surface area (Å²) in [5, 5.41) is 6.02. The van der Waals surface area contributed by atoms with E-state index >= 15 is 0 Å². The second-order valence-corrected chi connectivity index (χ2v) is 17.9. The van der Waals surface area contributed by atoms with E-state index in [9.17, 15) is 0 Å². The number of anilines is 3. The summed E-state index contributed by atoms with van der Waals surface area (Å²) in [5.41, 5.74) is 7.54. The number of nitrogens with one attached hydrogen (secondary N) is 1. The lowest BCUT2D eigenvalue weighted by atomic mass is 9.90. The van der Waals surface area contributed by atoms with Gasteiger partial charge in [0.05, 0.1) is 45.2 Å². The Kier molecular flexibility index (Phi) is 11.4. The van der Waals surface area contributed by atoms with Crippen molar-refractivity contribution in [3.05, 3.63) is 27.5 Å². The van der Waals surface area contributed by atoms with Gasteiger partial charge in [-0.05, 0) is 99.1 Å². The third-order valence-corrected chi connectivity index (χ3v) is 14.3. The van der Waals surface area contributed by atoms with Crippen molar-refractivity contribution in [2.24, 2.45) is 0 Å². The summed E-state index contributed by atoms with van der Waals surface area (Å²) in [6.45, 7) is 15.5. The van der Waals surface area contributed by atoms with Gasteiger partial charge in [0, 0.05) is 63.1 Å². The van der Waals surface area contributed by atoms with Crippen molar-refractivity contribution in [2.45, 2.75) is 65.2 Å². The predicted molar refractivity (Wildman–Crippen MR) is 237 cm³/mol. The summed E-state index contributed by atoms with van der Waals surface area (Å²) < 4.78 is 24.9. The van der Waals surface area contributed by atoms with Gasteiger partial charge >= 0.3 is 0 Å². The van der Waals surface area contributed by atoms with E-state index in [1.54, 1.807) is 22.7 Å². The van der Waals surface area contributed by atoms with Gasteiger partial charge < -0.3 is 39.0 Å². The molecule has 0 radical (unpaired) electrons. The molecule has 9 heterocycles. The number of ether oxygens (including phenoxy) is 4. The molecule has 0 atom stereocenters. The lowest BCUT2D eigenvalue weighted by Gasteiger charge is -2.31. The van der Waals surface area contributed by atoms with E-state index in [4.69, 9.17) is 50.5 Å². The van der Waals surface area contributed by atoms with Crippen molar-refractivity contribution in [1.29, 1.82) is 0 Å². The molecule has 6 aromatic rings. The number of pyridine rings is 2. The molecule has 0 bridgehead atoms. The molecule has 0 spiro atoms. The van der Waals surface area contributed by atoms with Gasteiger partial charge in [0.2, 0.25) is 23.0 Å². The minimum absolute atomic E-state index is 0.229. The van der Waals surface area contributed by atoms with Crippen molar-refractivity contribution in [3.63, 3.8) is 0 Å². The highest BCUT2D eigenvalue weighted by Gasteiger charge is 2.30. The molecule has 3 fully saturated rings. The van der Waals surface area contributed by atoms with Gasteiger partial charge in [-0.25, -0.2) is 19.9 Å². The number of hydrogen-bond acceptors (Lipinski definition) is 16. The Morgan fingerprint density at radius 1 is 0.576 bits per heavy atom. The fourth-order valence-electron chi connectivity index (χ4n) is 9.28. The van der Waals surface area contributed by atoms with Gasteiger partial charge in [-0.1, -0.05) is 0 Å². The maximum absolute atomic E-state index is 6.21. The first kappa shape index (κ1) is 39.2. The van der Waals surface area contributed by atoms with Crippen LogP contribution in [0.25, 0.3) is 40.9 Å². The second-order valence-electron chi connectivity index (χ2n) is 15.5. The largest absolute Gasteiger partial charge is 0.477 e. The van der Waals surface area contributed by atoms with E-state index in [1.165, 1.54) is 53.3 Å². The maximum Gasteiger partial charge on any atom is 0.236 e. The number of thiophene rings is 2. The highest BCUT2D eigenvalue weighted by Crippen LogP contribution is 2.46. The first-order valence-electron chi connectivity index (χ1n) is 21.4. The molecule has 59 heavy (non-hydrogen) atoms. The summed E-state index contributed by atoms with van der Waals surface area (Å²) in [4.78, 5) is 38.3. The fourth-order valence-corrected chi connectivity index (χ4v) is 11.6. The number of piperazine rings is 1. The topological polar surface area (TPSA) is 136 Å². The van der Waals surface area contributed by atoms with Crippen LogP contribution in [0.4, 0.5) is 17.6 Å². The summed E-state index contributed by atoms with van der Waals surface area (Å²) >= 11 is 9.51. The molecule has 2 aliphatic carbocycles. The fraction of sp³-hybridized carbons (Fsp3) is 0.571. The molecule has 1 N–H and O–H groups in total. The number of aromatic nitrogens is 6. The Labute approximate surface area is 356 Å². The van der Waals surface area contributed by atoms with Crippen LogP contribution in [0.3, 0.4) is 0 Å². The Morgan fingerprint density at radius 2 is 1.05 bits per heavy atom. The van der Waals surface area contributed by atoms with Crippen LogP contribution in [0, 0.1) is 0 Å². The third kappa shape index (κ3) is 7.47. The van der Waals surface area contributed by atoms with Gasteiger partial charge in [-0.3, -0.25) is 0 Å². The number of halogens is 1. The van der Waals surface area contributed by atoms with Gasteiger partial charge in [-0.15, -0.1) is 22.7 Å². The number of fused-ring (bicyclic) bond motifs is 10. The number of hydrogen-bond donors (Lipinski definition) is 1. The minimum Gasteiger partial charge on any atom is -0.477 e. The summed E-state index contributed by atoms with van der Waals surface area (Å²) in [6.07, 6.45) is 9.17. The van der Waals surface area contributed by atoms with Crippen LogP contribution in [-0.4, -0.2) is 122 Å². The van der Waals surface area contributed by atoms with E-state index in [2.05, 4.69) is 30.0 Å². The minimum atomic E-state index is 0.229. The predicted octanol–water partition coefficient (Wildman–Crippen LogP) is 6.77. The van der Waals surface area contributed by atoms with Gasteiger partial charge in [0.15, 0.2) is 0 Å². The number of morpholine rings is 2. The lowest BCUT2D eigenvalue weighted by Crippen LogP contribution is -2.44. The van der Waals surface area contributed by atoms with Crippen LogP contribution in [0.15, 0.2) is 0 Å². The van der Waals surface area contributed by atoms with Crippen molar-refractivity contribution >= 4 is 92.7 Å². The molecule has 5 aliphatic rings. The van der Waals surface area contributed by atoms with Gasteiger partial charge in [0.25, 0.3) is 0 Å². The molecular weight excluding hydrogens is 808 g/mol. The monoisotopic (exact) mass is 858 g/mol. The zero-order chi connectivity index (χ0) is 39.9. The van der Waals surface area contributed by atoms with Crippen LogP contribution < -0.4 is 29.5 Å². The number of nitrogens with zero attached hydrogens (tertiary/aromatic N) is 9. The smallest absolute Gasteiger partial charge is 0.236 e. The Bertz CT molecular complexity index is 2500. The quantitative estimate of drug-likeness (QED) is 0.169. The van der Waals surface area contributed by atoms with Crippen LogP contribution >= 0.6 is 34.3 Å². The van der Waals surface area contributed by atoms with Crippen LogP contribution in [-0.2, 0) is 35.2 Å². The number of aryl methyl sites for hydroxylation is 2. The average Bonchev–Trinajstić information content (AvgIpc) is 3.86. The van der Waals surface area contributed by atoms with Crippen LogP contribution in [0.2, 0.25) is 5.28 Å². The molecule has 3 aliphatic heterocycles. The van der Waals surface area contributed by atoms with Crippen molar-refractivity contribution in [3.8, 4) is 11.8 Å². The third-order valence-electron chi connectivity index (χ3n) is 12.0. The van der Waals surface area contributed by atoms with E-state index in [-0.39, 0.29) is 5.28 Å². The Hall–Kier alpha value is -3.93. The van der Waals surface area contributed by atoms with Crippen LogP contribution in [0.5, 0.6) is 11.8 Å². The Morgan fingerprint density at radius 3 is 1.56 bits per heavy atom. The highest BCUT2D eigenvalue weighted by atomic mass is 35.5. The van der Waals surface area contributed by atoms with Crippen molar-refractivity contribution in [1.82, 2.24) is 35.2 Å². The van der Waals surface area contributed by atoms with Crippen molar-refractivity contribution < 1.29 is 18.9 Å². The highest BCUT2D eigenvalue weighted by molar-refractivity contribution is 7.26. The average molecular weight is 860 g/mol. The van der Waals surface area contributed by atoms with Crippen molar-refractivity contribution in [2.75, 3.05) is 107 Å². The normalized spacial score (nSPS) is 18.6. The Balaban J connectivity index is 0.000000145. The molecule has 0 unspecified atom stereocenters. The first-order chi connectivity index (χ1) is 29.1. The lowest BCUT2D eigenvalue weighted by molar-refractivity contribution is 0.122. The first-order valence-corrected chi connectivity index (χ1v) is 23.4. The molecule has 0 amide bonds. The molecule has 0 saturated carbocycles. The SMILES string of the molecule is CCOc1nc(Cl)nc2c1sc1nc(N3CCOCC3)c3c(c12)CCCC3.CCOc1nc(N2CCNCC2)nc2c1sc1nc(N3CCOCC3)c3c(c12)CCCC3. The molecule has 11 rings (SSSR count). The molecule has 14 nitrogen and oxygen atoms in total. The van der Waals surface area contributed by atoms with E-state index in [0.717, 1.165) is 158 Å². The zero-order valence-corrected chi connectivity index (χ0v) is 36.3. The van der Waals surface area contributed by atoms with E-state index < -0.39 is 0 Å². The van der Waals surface area contributed by atoms with Gasteiger partial charge in [0.1, 0.15) is 36.2 Å². The molecular formula is C42H51ClN10O4S2. The maximum atomic E-state index is 6.21. The molecule has 312 valence electrons. The molecule has 3 saturated heterocycles. The second kappa shape index (κ2) is 17.2. The molecule has 0 aromatic carbocycles. The summed E-state index contributed by atoms with van der Waals surface area (Å²) in [5.74, 6) is 4.34. The zero-order valence-electron chi connectivity index (χ0n) is 33.9. The summed E-state index contributed by atoms with van der Waals surface area (Å²) in [7, 11) is 0. The molecule has 6 aromatic heterocycles. The number of rotatable bonds is 7. The van der Waals surface area contributed by atoms with Gasteiger partial charge in [-0.2, -0.15) is 9.97 Å². The molecule has 17 heteroatoms.